The van der Waals surface area contributed by atoms with Gasteiger partial charge in [-0.3, -0.25) is 9.69 Å². The van der Waals surface area contributed by atoms with Crippen molar-refractivity contribution in [2.45, 2.75) is 51.5 Å². The summed E-state index contributed by atoms with van der Waals surface area (Å²) in [5.74, 6) is -0.548. The van der Waals surface area contributed by atoms with Crippen LogP contribution in [0.2, 0.25) is 0 Å². The average Bonchev–Trinajstić information content (AvgIpc) is 2.71. The Kier molecular flexibility index (Phi) is 5.80. The molecule has 0 aromatic carbocycles. The van der Waals surface area contributed by atoms with Gasteiger partial charge in [-0.05, 0) is 32.2 Å². The van der Waals surface area contributed by atoms with E-state index in [2.05, 4.69) is 0 Å². The number of hydrogen-bond acceptors (Lipinski definition) is 4. The van der Waals surface area contributed by atoms with Gasteiger partial charge in [-0.1, -0.05) is 20.3 Å². The number of aliphatic carboxylic acids is 1. The van der Waals surface area contributed by atoms with Crippen LogP contribution in [-0.4, -0.2) is 54.5 Å². The summed E-state index contributed by atoms with van der Waals surface area (Å²) >= 11 is 0. The Morgan fingerprint density at radius 3 is 2.47 bits per heavy atom. The second-order valence-corrected chi connectivity index (χ2v) is 7.63. The zero-order valence-corrected chi connectivity index (χ0v) is 12.7. The Morgan fingerprint density at radius 1 is 1.26 bits per heavy atom. The first-order chi connectivity index (χ1) is 8.88. The lowest BCUT2D eigenvalue weighted by atomic mass is 9.91. The molecule has 1 aliphatic heterocycles. The third kappa shape index (κ3) is 3.92. The quantitative estimate of drug-likeness (QED) is 0.734. The van der Waals surface area contributed by atoms with Crippen molar-refractivity contribution in [3.05, 3.63) is 0 Å². The lowest BCUT2D eigenvalue weighted by Gasteiger charge is -2.34. The maximum atomic E-state index is 11.8. The van der Waals surface area contributed by atoms with Crippen molar-refractivity contribution in [3.63, 3.8) is 0 Å². The van der Waals surface area contributed by atoms with Crippen molar-refractivity contribution < 1.29 is 18.3 Å². The van der Waals surface area contributed by atoms with Crippen LogP contribution in [0.3, 0.4) is 0 Å². The van der Waals surface area contributed by atoms with Gasteiger partial charge in [0.1, 0.15) is 5.54 Å². The third-order valence-electron chi connectivity index (χ3n) is 3.87. The van der Waals surface area contributed by atoms with Crippen molar-refractivity contribution in [3.8, 4) is 0 Å². The topological polar surface area (TPSA) is 74.7 Å². The molecular weight excluding hydrogens is 266 g/mol. The third-order valence-corrected chi connectivity index (χ3v) is 5.71. The zero-order chi connectivity index (χ0) is 14.5. The largest absolute Gasteiger partial charge is 0.480 e. The number of likely N-dealkylation sites (tertiary alicyclic amines) is 1. The van der Waals surface area contributed by atoms with E-state index in [0.29, 0.717) is 32.4 Å². The van der Waals surface area contributed by atoms with Crippen LogP contribution in [0.1, 0.15) is 46.0 Å². The van der Waals surface area contributed by atoms with Crippen molar-refractivity contribution in [1.29, 1.82) is 0 Å². The lowest BCUT2D eigenvalue weighted by molar-refractivity contribution is -0.150. The molecule has 1 aliphatic rings. The van der Waals surface area contributed by atoms with Gasteiger partial charge in [-0.25, -0.2) is 8.42 Å². The number of rotatable bonds is 8. The molecule has 1 unspecified atom stereocenters. The van der Waals surface area contributed by atoms with E-state index < -0.39 is 21.3 Å². The van der Waals surface area contributed by atoms with Gasteiger partial charge >= 0.3 is 5.97 Å². The fraction of sp³-hybridized carbons (Fsp3) is 0.923. The molecule has 1 N–H and O–H groups in total. The molecular formula is C13H25NO4S. The van der Waals surface area contributed by atoms with Crippen LogP contribution >= 0.6 is 0 Å². The summed E-state index contributed by atoms with van der Waals surface area (Å²) in [4.78, 5) is 13.5. The van der Waals surface area contributed by atoms with Crippen LogP contribution in [0.25, 0.3) is 0 Å². The number of carbonyl (C=O) groups is 1. The van der Waals surface area contributed by atoms with E-state index in [1.165, 1.54) is 0 Å². The summed E-state index contributed by atoms with van der Waals surface area (Å²) in [6, 6.07) is 0. The fourth-order valence-electron chi connectivity index (χ4n) is 2.97. The van der Waals surface area contributed by atoms with Crippen LogP contribution in [0.15, 0.2) is 0 Å². The first kappa shape index (κ1) is 16.4. The van der Waals surface area contributed by atoms with Gasteiger partial charge < -0.3 is 5.11 Å². The van der Waals surface area contributed by atoms with E-state index >= 15 is 0 Å². The highest BCUT2D eigenvalue weighted by Gasteiger charge is 2.46. The highest BCUT2D eigenvalue weighted by atomic mass is 32.2. The van der Waals surface area contributed by atoms with E-state index in [0.717, 1.165) is 12.8 Å². The molecule has 6 heteroatoms. The predicted molar refractivity (Wildman–Crippen MR) is 75.0 cm³/mol. The molecule has 1 heterocycles. The molecule has 0 amide bonds. The Hall–Kier alpha value is -0.620. The van der Waals surface area contributed by atoms with Gasteiger partial charge in [0.2, 0.25) is 0 Å². The normalized spacial score (nSPS) is 24.7. The Labute approximate surface area is 115 Å². The molecule has 0 aromatic rings. The molecule has 0 radical (unpaired) electrons. The minimum atomic E-state index is -3.04. The van der Waals surface area contributed by atoms with Gasteiger partial charge in [0, 0.05) is 12.3 Å². The van der Waals surface area contributed by atoms with Gasteiger partial charge in [-0.2, -0.15) is 0 Å². The molecule has 0 spiro atoms. The molecule has 0 bridgehead atoms. The molecule has 1 rings (SSSR count). The smallest absolute Gasteiger partial charge is 0.324 e. The van der Waals surface area contributed by atoms with Crippen LogP contribution in [-0.2, 0) is 14.6 Å². The summed E-state index contributed by atoms with van der Waals surface area (Å²) in [5, 5.41) is 9.51. The van der Waals surface area contributed by atoms with Crippen molar-refractivity contribution in [2.24, 2.45) is 0 Å². The number of carboxylic acid groups (broad SMARTS) is 1. The van der Waals surface area contributed by atoms with Gasteiger partial charge in [0.05, 0.1) is 5.75 Å². The maximum Gasteiger partial charge on any atom is 0.324 e. The van der Waals surface area contributed by atoms with Crippen molar-refractivity contribution >= 4 is 15.8 Å². The van der Waals surface area contributed by atoms with Gasteiger partial charge in [0.25, 0.3) is 0 Å². The van der Waals surface area contributed by atoms with E-state index in [9.17, 15) is 18.3 Å². The number of sulfone groups is 1. The Balaban J connectivity index is 2.73. The van der Waals surface area contributed by atoms with E-state index in [4.69, 9.17) is 0 Å². The van der Waals surface area contributed by atoms with Crippen molar-refractivity contribution in [2.75, 3.05) is 24.6 Å². The summed E-state index contributed by atoms with van der Waals surface area (Å²) in [7, 11) is -3.04. The molecule has 1 atom stereocenters. The predicted octanol–water partition coefficient (Wildman–Crippen LogP) is 1.53. The highest BCUT2D eigenvalue weighted by Crippen LogP contribution is 2.33. The average molecular weight is 291 g/mol. The summed E-state index contributed by atoms with van der Waals surface area (Å²) in [6.07, 6.45) is 3.46. The molecule has 1 saturated heterocycles. The molecule has 112 valence electrons. The van der Waals surface area contributed by atoms with Gasteiger partial charge in [0.15, 0.2) is 9.84 Å². The first-order valence-electron chi connectivity index (χ1n) is 7.07. The minimum absolute atomic E-state index is 0.0690. The lowest BCUT2D eigenvalue weighted by Crippen LogP contribution is -2.51. The number of nitrogens with zero attached hydrogens (tertiary/aromatic N) is 1. The first-order valence-corrected chi connectivity index (χ1v) is 8.89. The number of hydrogen-bond donors (Lipinski definition) is 1. The molecule has 0 saturated carbocycles. The van der Waals surface area contributed by atoms with Gasteiger partial charge in [-0.15, -0.1) is 0 Å². The fourth-order valence-corrected chi connectivity index (χ4v) is 4.29. The Bertz CT molecular complexity index is 407. The van der Waals surface area contributed by atoms with Crippen LogP contribution in [0, 0.1) is 0 Å². The number of carboxylic acids is 1. The molecule has 5 nitrogen and oxygen atoms in total. The SMILES string of the molecule is CCCC1(C(=O)O)CCCN1CCS(=O)(=O)CCC. The van der Waals surface area contributed by atoms with Crippen LogP contribution < -0.4 is 0 Å². The summed E-state index contributed by atoms with van der Waals surface area (Å²) < 4.78 is 23.5. The second-order valence-electron chi connectivity index (χ2n) is 5.33. The summed E-state index contributed by atoms with van der Waals surface area (Å²) in [6.45, 7) is 4.84. The monoisotopic (exact) mass is 291 g/mol. The molecule has 0 aromatic heterocycles. The minimum Gasteiger partial charge on any atom is -0.480 e. The van der Waals surface area contributed by atoms with E-state index in [1.807, 2.05) is 18.7 Å². The molecule has 1 fully saturated rings. The van der Waals surface area contributed by atoms with Crippen LogP contribution in [0.4, 0.5) is 0 Å². The summed E-state index contributed by atoms with van der Waals surface area (Å²) in [5.41, 5.74) is -0.837. The van der Waals surface area contributed by atoms with Crippen LogP contribution in [0.5, 0.6) is 0 Å². The zero-order valence-electron chi connectivity index (χ0n) is 11.9. The highest BCUT2D eigenvalue weighted by molar-refractivity contribution is 7.91. The second kappa shape index (κ2) is 6.70. The molecule has 19 heavy (non-hydrogen) atoms. The van der Waals surface area contributed by atoms with E-state index in [1.54, 1.807) is 0 Å². The van der Waals surface area contributed by atoms with E-state index in [-0.39, 0.29) is 11.5 Å². The van der Waals surface area contributed by atoms with Crippen molar-refractivity contribution in [1.82, 2.24) is 4.90 Å². The molecule has 0 aliphatic carbocycles. The standard InChI is InChI=1S/C13H25NO4S/c1-3-6-13(12(15)16)7-5-8-14(13)9-11-19(17,18)10-4-2/h3-11H2,1-2H3,(H,15,16). The Morgan fingerprint density at radius 2 is 1.95 bits per heavy atom. The maximum absolute atomic E-state index is 11.8.